The van der Waals surface area contributed by atoms with Gasteiger partial charge in [0.15, 0.2) is 6.10 Å². The van der Waals surface area contributed by atoms with E-state index in [-0.39, 0.29) is 11.4 Å². The number of nitro benzene ring substituents is 1. The second-order valence-corrected chi connectivity index (χ2v) is 4.17. The minimum Gasteiger partial charge on any atom is -0.417 e. The van der Waals surface area contributed by atoms with Crippen molar-refractivity contribution in [2.24, 2.45) is 0 Å². The van der Waals surface area contributed by atoms with Crippen molar-refractivity contribution in [2.75, 3.05) is 7.11 Å². The third-order valence-electron chi connectivity index (χ3n) is 2.82. The summed E-state index contributed by atoms with van der Waals surface area (Å²) in [5, 5.41) is 10.9. The molecule has 2 rings (SSSR count). The van der Waals surface area contributed by atoms with Crippen LogP contribution in [0.5, 0.6) is 5.75 Å². The van der Waals surface area contributed by atoms with Gasteiger partial charge < -0.3 is 9.47 Å². The molecule has 0 aliphatic carbocycles. The minimum atomic E-state index is -0.939. The molecule has 0 fully saturated rings. The number of hydrogen-bond acceptors (Lipinski definition) is 5. The smallest absolute Gasteiger partial charge is 0.345 e. The Hall–Kier alpha value is -2.73. The fraction of sp³-hybridized carbons (Fsp3) is 0.133. The van der Waals surface area contributed by atoms with Gasteiger partial charge in [0, 0.05) is 13.2 Å². The van der Waals surface area contributed by atoms with E-state index in [0.717, 1.165) is 0 Å². The first-order valence-electron chi connectivity index (χ1n) is 6.16. The molecule has 0 aliphatic heterocycles. The molecule has 108 valence electrons. The highest BCUT2D eigenvalue weighted by Crippen LogP contribution is 2.28. The molecule has 6 heteroatoms. The Labute approximate surface area is 121 Å². The van der Waals surface area contributed by atoms with Crippen LogP contribution in [0.3, 0.4) is 0 Å². The molecule has 21 heavy (non-hydrogen) atoms. The van der Waals surface area contributed by atoms with Crippen LogP contribution in [-0.2, 0) is 9.53 Å². The number of methoxy groups -OCH3 is 1. The van der Waals surface area contributed by atoms with Crippen molar-refractivity contribution in [1.82, 2.24) is 0 Å². The first-order valence-corrected chi connectivity index (χ1v) is 6.16. The summed E-state index contributed by atoms with van der Waals surface area (Å²) in [7, 11) is 1.37. The predicted octanol–water partition coefficient (Wildman–Crippen LogP) is 2.89. The summed E-state index contributed by atoms with van der Waals surface area (Å²) in [5.74, 6) is -0.816. The highest BCUT2D eigenvalue weighted by molar-refractivity contribution is 5.79. The van der Waals surface area contributed by atoms with Gasteiger partial charge in [-0.2, -0.15) is 0 Å². The van der Waals surface area contributed by atoms with Crippen LogP contribution in [0.25, 0.3) is 0 Å². The monoisotopic (exact) mass is 287 g/mol. The highest BCUT2D eigenvalue weighted by atomic mass is 16.6. The lowest BCUT2D eigenvalue weighted by Crippen LogP contribution is -2.20. The van der Waals surface area contributed by atoms with Gasteiger partial charge in [0.2, 0.25) is 5.75 Å². The third kappa shape index (κ3) is 3.43. The van der Waals surface area contributed by atoms with E-state index >= 15 is 0 Å². The van der Waals surface area contributed by atoms with Crippen LogP contribution in [0.4, 0.5) is 5.69 Å². The molecule has 0 N–H and O–H groups in total. The van der Waals surface area contributed by atoms with Crippen LogP contribution in [0.15, 0.2) is 54.6 Å². The maximum absolute atomic E-state index is 12.1. The van der Waals surface area contributed by atoms with E-state index in [4.69, 9.17) is 9.47 Å². The van der Waals surface area contributed by atoms with Crippen LogP contribution < -0.4 is 4.74 Å². The largest absolute Gasteiger partial charge is 0.417 e. The van der Waals surface area contributed by atoms with Crippen molar-refractivity contribution in [3.8, 4) is 5.75 Å². The lowest BCUT2D eigenvalue weighted by atomic mass is 10.1. The molecule has 0 amide bonds. The fourth-order valence-corrected chi connectivity index (χ4v) is 1.85. The zero-order valence-corrected chi connectivity index (χ0v) is 11.3. The SMILES string of the molecule is CO[C@H](C(=O)Oc1ccccc1[N+](=O)[O-])c1ccccc1. The maximum atomic E-state index is 12.1. The molecule has 0 aliphatic rings. The van der Waals surface area contributed by atoms with Gasteiger partial charge in [-0.1, -0.05) is 42.5 Å². The molecule has 0 radical (unpaired) electrons. The quantitative estimate of drug-likeness (QED) is 0.365. The Morgan fingerprint density at radius 3 is 2.33 bits per heavy atom. The number of para-hydroxylation sites is 2. The van der Waals surface area contributed by atoms with E-state index in [1.165, 1.54) is 25.3 Å². The van der Waals surface area contributed by atoms with Gasteiger partial charge in [-0.3, -0.25) is 10.1 Å². The number of carbonyl (C=O) groups is 1. The standard InChI is InChI=1S/C15H13NO5/c1-20-14(11-7-3-2-4-8-11)15(17)21-13-10-6-5-9-12(13)16(18)19/h2-10,14H,1H3/t14-/m0/s1. The third-order valence-corrected chi connectivity index (χ3v) is 2.82. The fourth-order valence-electron chi connectivity index (χ4n) is 1.85. The van der Waals surface area contributed by atoms with E-state index < -0.39 is 17.0 Å². The van der Waals surface area contributed by atoms with Gasteiger partial charge in [0.05, 0.1) is 4.92 Å². The Balaban J connectivity index is 2.23. The minimum absolute atomic E-state index is 0.106. The first-order chi connectivity index (χ1) is 10.1. The number of nitro groups is 1. The van der Waals surface area contributed by atoms with Crippen molar-refractivity contribution in [2.45, 2.75) is 6.10 Å². The Bertz CT molecular complexity index is 642. The summed E-state index contributed by atoms with van der Waals surface area (Å²) < 4.78 is 10.2. The second kappa shape index (κ2) is 6.62. The molecule has 1 atom stereocenters. The first kappa shape index (κ1) is 14.7. The number of carbonyl (C=O) groups excluding carboxylic acids is 1. The van der Waals surface area contributed by atoms with E-state index in [2.05, 4.69) is 0 Å². The van der Waals surface area contributed by atoms with Crippen LogP contribution in [0.2, 0.25) is 0 Å². The van der Waals surface area contributed by atoms with E-state index in [0.29, 0.717) is 5.56 Å². The number of benzene rings is 2. The number of rotatable bonds is 5. The highest BCUT2D eigenvalue weighted by Gasteiger charge is 2.25. The van der Waals surface area contributed by atoms with Crippen LogP contribution in [0.1, 0.15) is 11.7 Å². The van der Waals surface area contributed by atoms with Crippen molar-refractivity contribution >= 4 is 11.7 Å². The average molecular weight is 287 g/mol. The summed E-state index contributed by atoms with van der Waals surface area (Å²) in [5.41, 5.74) is 0.345. The van der Waals surface area contributed by atoms with Gasteiger partial charge in [0.1, 0.15) is 0 Å². The van der Waals surface area contributed by atoms with Crippen LogP contribution >= 0.6 is 0 Å². The van der Waals surface area contributed by atoms with Crippen molar-refractivity contribution in [3.05, 3.63) is 70.3 Å². The predicted molar refractivity (Wildman–Crippen MR) is 74.9 cm³/mol. The Morgan fingerprint density at radius 2 is 1.71 bits per heavy atom. The summed E-state index contributed by atoms with van der Waals surface area (Å²) in [6.07, 6.45) is -0.939. The molecule has 0 saturated heterocycles. The van der Waals surface area contributed by atoms with E-state index in [1.54, 1.807) is 30.3 Å². The van der Waals surface area contributed by atoms with Gasteiger partial charge in [0.25, 0.3) is 0 Å². The second-order valence-electron chi connectivity index (χ2n) is 4.17. The lowest BCUT2D eigenvalue weighted by Gasteiger charge is -2.14. The van der Waals surface area contributed by atoms with Gasteiger partial charge >= 0.3 is 11.7 Å². The molecular weight excluding hydrogens is 274 g/mol. The number of ether oxygens (including phenoxy) is 2. The number of nitrogens with zero attached hydrogens (tertiary/aromatic N) is 1. The van der Waals surface area contributed by atoms with Gasteiger partial charge in [-0.05, 0) is 11.6 Å². The topological polar surface area (TPSA) is 78.7 Å². The molecule has 0 bridgehead atoms. The van der Waals surface area contributed by atoms with Crippen LogP contribution in [-0.4, -0.2) is 18.0 Å². The van der Waals surface area contributed by atoms with E-state index in [1.807, 2.05) is 6.07 Å². The zero-order valence-electron chi connectivity index (χ0n) is 11.3. The van der Waals surface area contributed by atoms with E-state index in [9.17, 15) is 14.9 Å². The number of esters is 1. The molecular formula is C15H13NO5. The molecule has 0 saturated carbocycles. The summed E-state index contributed by atoms with van der Waals surface area (Å²) in [6, 6.07) is 14.5. The van der Waals surface area contributed by atoms with Crippen LogP contribution in [0, 0.1) is 10.1 Å². The molecule has 6 nitrogen and oxygen atoms in total. The molecule has 2 aromatic carbocycles. The molecule has 0 unspecified atom stereocenters. The summed E-state index contributed by atoms with van der Waals surface area (Å²) >= 11 is 0. The van der Waals surface area contributed by atoms with Gasteiger partial charge in [-0.25, -0.2) is 4.79 Å². The maximum Gasteiger partial charge on any atom is 0.345 e. The van der Waals surface area contributed by atoms with Crippen molar-refractivity contribution < 1.29 is 19.2 Å². The zero-order chi connectivity index (χ0) is 15.2. The molecule has 0 heterocycles. The van der Waals surface area contributed by atoms with Gasteiger partial charge in [-0.15, -0.1) is 0 Å². The molecule has 0 spiro atoms. The Kier molecular flexibility index (Phi) is 4.63. The Morgan fingerprint density at radius 1 is 1.10 bits per heavy atom. The molecule has 2 aromatic rings. The normalized spacial score (nSPS) is 11.7. The summed E-state index contributed by atoms with van der Waals surface area (Å²) in [4.78, 5) is 22.4. The molecule has 0 aromatic heterocycles. The average Bonchev–Trinajstić information content (AvgIpc) is 2.49. The van der Waals surface area contributed by atoms with Crippen molar-refractivity contribution in [3.63, 3.8) is 0 Å². The summed E-state index contributed by atoms with van der Waals surface area (Å²) in [6.45, 7) is 0. The number of hydrogen-bond donors (Lipinski definition) is 0. The lowest BCUT2D eigenvalue weighted by molar-refractivity contribution is -0.385. The van der Waals surface area contributed by atoms with Crippen molar-refractivity contribution in [1.29, 1.82) is 0 Å².